The number of hydrogen-bond acceptors (Lipinski definition) is 18. The number of carboxylic acids is 3. The van der Waals surface area contributed by atoms with E-state index in [1.807, 2.05) is 0 Å². The zero-order valence-electron chi connectivity index (χ0n) is 29.4. The molecule has 0 heterocycles. The summed E-state index contributed by atoms with van der Waals surface area (Å²) in [5.74, 6) is -6.44. The molecule has 0 fully saturated rings. The number of carboxylic acid groups (broad SMARTS) is 3. The van der Waals surface area contributed by atoms with Crippen molar-refractivity contribution in [3.63, 3.8) is 0 Å². The first-order chi connectivity index (χ1) is 26.4. The van der Waals surface area contributed by atoms with Gasteiger partial charge in [-0.1, -0.05) is 104 Å². The molecule has 3 aromatic rings. The van der Waals surface area contributed by atoms with Crippen LogP contribution in [0.15, 0.2) is 29.4 Å². The van der Waals surface area contributed by atoms with Gasteiger partial charge in [0.1, 0.15) is 29.4 Å². The predicted octanol–water partition coefficient (Wildman–Crippen LogP) is -7.48. The summed E-state index contributed by atoms with van der Waals surface area (Å²) in [5, 5.41) is 21.8. The van der Waals surface area contributed by atoms with Gasteiger partial charge in [-0.25, -0.2) is 0 Å². The quantitative estimate of drug-likeness (QED) is 0.0856. The molecule has 0 radical (unpaired) electrons. The monoisotopic (exact) mass is 1220 g/mol. The van der Waals surface area contributed by atoms with Crippen molar-refractivity contribution in [2.45, 2.75) is 29.4 Å². The largest absolute Gasteiger partial charge is 1.00 e. The Hall–Kier alpha value is 1.14. The summed E-state index contributed by atoms with van der Waals surface area (Å²) in [6.45, 7) is 0. The van der Waals surface area contributed by atoms with Crippen molar-refractivity contribution in [2.75, 3.05) is 0 Å². The van der Waals surface area contributed by atoms with Gasteiger partial charge in [-0.15, -0.1) is 0 Å². The van der Waals surface area contributed by atoms with E-state index in [1.54, 1.807) is 0 Å². The average molecular weight is 1220 g/mol. The molecular weight excluding hydrogens is 1220 g/mol. The summed E-state index contributed by atoms with van der Waals surface area (Å²) in [5.41, 5.74) is -3.80. The van der Waals surface area contributed by atoms with Crippen molar-refractivity contribution in [3.8, 4) is 0 Å². The van der Waals surface area contributed by atoms with E-state index in [4.69, 9.17) is 132 Å². The number of hydrogen-bond donors (Lipinski definition) is 6. The molecule has 63 heavy (non-hydrogen) atoms. The van der Waals surface area contributed by atoms with E-state index in [-0.39, 0.29) is 88.7 Å². The predicted molar refractivity (Wildman–Crippen MR) is 196 cm³/mol. The van der Waals surface area contributed by atoms with E-state index in [2.05, 4.69) is 0 Å². The first-order valence-corrected chi connectivity index (χ1v) is 24.5. The smallest absolute Gasteiger partial charge is 0.545 e. The van der Waals surface area contributed by atoms with Gasteiger partial charge in [-0.05, 0) is 0 Å². The molecule has 0 amide bonds. The molecule has 0 saturated carbocycles. The molecule has 0 bridgehead atoms. The minimum atomic E-state index is -5.21. The third-order valence-electron chi connectivity index (χ3n) is 5.87. The Morgan fingerprint density at radius 1 is 0.286 bits per heavy atom. The number of aromatic carboxylic acids is 3. The van der Waals surface area contributed by atoms with E-state index in [1.165, 1.54) is 0 Å². The molecule has 0 atom stereocenters. The molecule has 0 saturated heterocycles. The Morgan fingerprint density at radius 3 is 0.444 bits per heavy atom. The fourth-order valence-electron chi connectivity index (χ4n) is 3.75. The maximum Gasteiger partial charge on any atom is 1.00 e. The van der Waals surface area contributed by atoms with Gasteiger partial charge in [0.2, 0.25) is 0 Å². The molecule has 0 aromatic heterocycles. The van der Waals surface area contributed by atoms with Gasteiger partial charge >= 0.3 is 88.7 Å². The summed E-state index contributed by atoms with van der Waals surface area (Å²) >= 11 is 48.7. The number of carbonyl (C=O) groups is 3. The van der Waals surface area contributed by atoms with Gasteiger partial charge in [-0.2, -0.15) is 50.5 Å². The first-order valence-electron chi connectivity index (χ1n) is 12.5. The van der Waals surface area contributed by atoms with Crippen LogP contribution in [0.1, 0.15) is 31.1 Å². The van der Waals surface area contributed by atoms with Crippen LogP contribution in [-0.2, 0) is 60.7 Å². The standard InChI is InChI=1S/3C7H3Cl3O8S2.3Na/c3*8-2-1(7(11)12)3(9)6(20(16,17)18)4(10)5(2)19(13,14)15;;;/h3*(H,11,12)(H,13,14,15)(H,16,17,18);;;/q;;;3*+1/p-3. The van der Waals surface area contributed by atoms with Crippen LogP contribution < -0.4 is 104 Å². The second-order valence-corrected chi connectivity index (χ2v) is 21.2. The Labute approximate surface area is 463 Å². The summed E-state index contributed by atoms with van der Waals surface area (Å²) in [7, 11) is -31.3. The van der Waals surface area contributed by atoms with Crippen molar-refractivity contribution < 1.29 is 196 Å². The normalized spacial score (nSPS) is 11.9. The number of carbonyl (C=O) groups excluding carboxylic acids is 3. The van der Waals surface area contributed by atoms with Crippen LogP contribution >= 0.6 is 104 Å². The Kier molecular flexibility index (Phi) is 26.4. The average Bonchev–Trinajstić information content (AvgIpc) is 2.92. The van der Waals surface area contributed by atoms with Gasteiger partial charge in [0.05, 0.1) is 63.1 Å². The van der Waals surface area contributed by atoms with E-state index in [0.29, 0.717) is 0 Å². The van der Waals surface area contributed by atoms with Crippen LogP contribution in [0, 0.1) is 0 Å². The van der Waals surface area contributed by atoms with Crippen molar-refractivity contribution in [3.05, 3.63) is 61.9 Å². The molecule has 3 rings (SSSR count). The summed E-state index contributed by atoms with van der Waals surface area (Å²) in [4.78, 5) is 23.9. The molecule has 0 unspecified atom stereocenters. The number of benzene rings is 3. The van der Waals surface area contributed by atoms with E-state index < -0.39 is 170 Å². The van der Waals surface area contributed by atoms with Gasteiger partial charge in [-0.3, -0.25) is 27.3 Å². The third kappa shape index (κ3) is 16.1. The molecule has 0 spiro atoms. The van der Waals surface area contributed by atoms with Gasteiger partial charge in [0.15, 0.2) is 0 Å². The SMILES string of the molecule is O=C([O-])c1c(Cl)c(S(=O)(=O)O)c(Cl)c(S(=O)(=O)O)c1Cl.O=C([O-])c1c(Cl)c(S(=O)(=O)O)c(Cl)c(S(=O)(=O)O)c1Cl.O=C([O-])c1c(Cl)c(S(=O)(=O)O)c(Cl)c(S(=O)(=O)O)c1Cl.[Na+].[Na+].[Na+]. The van der Waals surface area contributed by atoms with Crippen LogP contribution in [-0.4, -0.2) is 95.7 Å². The Balaban J connectivity index is -0.000000837. The van der Waals surface area contributed by atoms with Gasteiger partial charge in [0.25, 0.3) is 60.7 Å². The van der Waals surface area contributed by atoms with Crippen LogP contribution in [0.2, 0.25) is 45.2 Å². The second kappa shape index (κ2) is 24.3. The van der Waals surface area contributed by atoms with E-state index >= 15 is 0 Å². The molecule has 0 aliphatic carbocycles. The van der Waals surface area contributed by atoms with Crippen LogP contribution in [0.25, 0.3) is 0 Å². The zero-order valence-corrected chi connectivity index (χ0v) is 47.1. The third-order valence-corrected chi connectivity index (χ3v) is 16.2. The molecule has 3 aromatic carbocycles. The van der Waals surface area contributed by atoms with Crippen molar-refractivity contribution >= 4 is 183 Å². The van der Waals surface area contributed by atoms with Crippen LogP contribution in [0.5, 0.6) is 0 Å². The Morgan fingerprint density at radius 2 is 0.381 bits per heavy atom. The van der Waals surface area contributed by atoms with Crippen LogP contribution in [0.3, 0.4) is 0 Å². The minimum Gasteiger partial charge on any atom is -0.545 e. The molecular formula is C21H6Cl9Na3O24S6. The molecule has 24 nitrogen and oxygen atoms in total. The molecule has 42 heteroatoms. The van der Waals surface area contributed by atoms with Crippen molar-refractivity contribution in [1.82, 2.24) is 0 Å². The fourth-order valence-corrected chi connectivity index (χ4v) is 14.0. The molecule has 6 N–H and O–H groups in total. The summed E-state index contributed by atoms with van der Waals surface area (Å²) in [6.07, 6.45) is 0. The number of halogens is 9. The van der Waals surface area contributed by atoms with Gasteiger partial charge < -0.3 is 29.7 Å². The van der Waals surface area contributed by atoms with E-state index in [0.717, 1.165) is 0 Å². The summed E-state index contributed by atoms with van der Waals surface area (Å²) < 4.78 is 187. The zero-order chi connectivity index (χ0) is 48.1. The van der Waals surface area contributed by atoms with Crippen molar-refractivity contribution in [1.29, 1.82) is 0 Å². The van der Waals surface area contributed by atoms with E-state index in [9.17, 15) is 80.2 Å². The maximum atomic E-state index is 11.1. The second-order valence-electron chi connectivity index (χ2n) is 9.64. The fraction of sp³-hybridized carbons (Fsp3) is 0. The summed E-state index contributed by atoms with van der Waals surface area (Å²) in [6, 6.07) is 0. The van der Waals surface area contributed by atoms with Crippen LogP contribution in [0.4, 0.5) is 0 Å². The first kappa shape index (κ1) is 68.4. The maximum absolute atomic E-state index is 11.1. The minimum absolute atomic E-state index is 0. The molecule has 0 aliphatic rings. The molecule has 336 valence electrons. The van der Waals surface area contributed by atoms with Crippen molar-refractivity contribution in [2.24, 2.45) is 0 Å². The Bertz CT molecular complexity index is 2600. The topological polar surface area (TPSA) is 447 Å². The number of rotatable bonds is 9. The molecule has 0 aliphatic heterocycles. The van der Waals surface area contributed by atoms with Gasteiger partial charge in [0, 0.05) is 16.7 Å².